The molecule has 6 rings (SSSR count). The topological polar surface area (TPSA) is 90.3 Å². The molecule has 202 valence electrons. The van der Waals surface area contributed by atoms with E-state index in [0.29, 0.717) is 27.0 Å². The molecular weight excluding hydrogens is 551 g/mol. The van der Waals surface area contributed by atoms with Gasteiger partial charge in [0, 0.05) is 9.75 Å². The van der Waals surface area contributed by atoms with Crippen LogP contribution in [0.2, 0.25) is 0 Å². The van der Waals surface area contributed by atoms with Gasteiger partial charge in [-0.25, -0.2) is 9.78 Å². The summed E-state index contributed by atoms with van der Waals surface area (Å²) in [4.78, 5) is 47.8. The molecule has 0 spiro atoms. The van der Waals surface area contributed by atoms with Crippen molar-refractivity contribution >= 4 is 61.5 Å². The van der Waals surface area contributed by atoms with Crippen molar-refractivity contribution in [2.45, 2.75) is 57.0 Å². The minimum Gasteiger partial charge on any atom is -0.465 e. The number of ether oxygens (including phenoxy) is 1. The van der Waals surface area contributed by atoms with Crippen molar-refractivity contribution < 1.29 is 14.3 Å². The average molecular weight is 580 g/mol. The number of rotatable bonds is 6. The maximum absolute atomic E-state index is 13.9. The zero-order chi connectivity index (χ0) is 27.1. The summed E-state index contributed by atoms with van der Waals surface area (Å²) in [6.07, 6.45) is 6.81. The fourth-order valence-electron chi connectivity index (χ4n) is 5.54. The molecule has 7 nitrogen and oxygen atoms in total. The number of methoxy groups -OCH3 is 1. The van der Waals surface area contributed by atoms with Gasteiger partial charge in [-0.3, -0.25) is 14.2 Å². The lowest BCUT2D eigenvalue weighted by Gasteiger charge is -2.18. The summed E-state index contributed by atoms with van der Waals surface area (Å²) in [5.41, 5.74) is 3.27. The van der Waals surface area contributed by atoms with E-state index in [1.54, 1.807) is 15.9 Å². The first kappa shape index (κ1) is 26.3. The molecule has 0 saturated carbocycles. The fraction of sp³-hybridized carbons (Fsp3) is 0.379. The SMILES string of the molecule is COC(=O)c1c(NC(=O)CSc2nc3sc4c(c3c(=O)n2-c2ccccc2)CCCC4)sc2c1CC[C@H](C)C2. The summed E-state index contributed by atoms with van der Waals surface area (Å²) in [7, 11) is 1.37. The molecule has 2 aliphatic rings. The minimum atomic E-state index is -0.420. The van der Waals surface area contributed by atoms with E-state index in [0.717, 1.165) is 71.5 Å². The van der Waals surface area contributed by atoms with Crippen LogP contribution in [-0.4, -0.2) is 34.3 Å². The number of nitrogens with one attached hydrogen (secondary N) is 1. The van der Waals surface area contributed by atoms with Gasteiger partial charge in [-0.1, -0.05) is 36.9 Å². The van der Waals surface area contributed by atoms with Crippen LogP contribution < -0.4 is 10.9 Å². The van der Waals surface area contributed by atoms with Crippen molar-refractivity contribution in [3.8, 4) is 5.69 Å². The molecular formula is C29H29N3O4S3. The Hall–Kier alpha value is -2.95. The van der Waals surface area contributed by atoms with Crippen molar-refractivity contribution in [3.63, 3.8) is 0 Å². The van der Waals surface area contributed by atoms with Crippen LogP contribution in [0.1, 0.15) is 57.4 Å². The Kier molecular flexibility index (Phi) is 7.35. The van der Waals surface area contributed by atoms with E-state index in [2.05, 4.69) is 12.2 Å². The van der Waals surface area contributed by atoms with Gasteiger partial charge in [-0.15, -0.1) is 22.7 Å². The molecule has 1 amide bonds. The first-order valence-electron chi connectivity index (χ1n) is 13.2. The predicted molar refractivity (Wildman–Crippen MR) is 158 cm³/mol. The maximum Gasteiger partial charge on any atom is 0.341 e. The number of hydrogen-bond acceptors (Lipinski definition) is 8. The van der Waals surface area contributed by atoms with Crippen molar-refractivity contribution in [1.82, 2.24) is 9.55 Å². The number of thioether (sulfide) groups is 1. The van der Waals surface area contributed by atoms with Gasteiger partial charge in [0.2, 0.25) is 5.91 Å². The van der Waals surface area contributed by atoms with Gasteiger partial charge >= 0.3 is 5.97 Å². The fourth-order valence-corrected chi connectivity index (χ4v) is 9.07. The van der Waals surface area contributed by atoms with Crippen LogP contribution in [-0.2, 0) is 35.2 Å². The molecule has 4 aromatic rings. The predicted octanol–water partition coefficient (Wildman–Crippen LogP) is 6.03. The second-order valence-electron chi connectivity index (χ2n) is 10.1. The first-order chi connectivity index (χ1) is 18.9. The molecule has 0 fully saturated rings. The van der Waals surface area contributed by atoms with Crippen LogP contribution in [0.4, 0.5) is 5.00 Å². The molecule has 1 aromatic carbocycles. The van der Waals surface area contributed by atoms with Crippen molar-refractivity contribution in [3.05, 3.63) is 67.1 Å². The third kappa shape index (κ3) is 4.94. The van der Waals surface area contributed by atoms with Crippen molar-refractivity contribution in [1.29, 1.82) is 0 Å². The Bertz CT molecular complexity index is 1640. The van der Waals surface area contributed by atoms with E-state index in [1.807, 2.05) is 30.3 Å². The highest BCUT2D eigenvalue weighted by molar-refractivity contribution is 7.99. The van der Waals surface area contributed by atoms with Gasteiger partial charge in [0.05, 0.1) is 29.5 Å². The summed E-state index contributed by atoms with van der Waals surface area (Å²) in [6.45, 7) is 2.20. The van der Waals surface area contributed by atoms with Gasteiger partial charge in [0.25, 0.3) is 5.56 Å². The number of carbonyl (C=O) groups excluding carboxylic acids is 2. The summed E-state index contributed by atoms with van der Waals surface area (Å²) in [6, 6.07) is 9.47. The van der Waals surface area contributed by atoms with E-state index in [1.165, 1.54) is 35.1 Å². The molecule has 1 N–H and O–H groups in total. The number of anilines is 1. The van der Waals surface area contributed by atoms with Crippen molar-refractivity contribution in [2.24, 2.45) is 5.92 Å². The van der Waals surface area contributed by atoms with E-state index in [-0.39, 0.29) is 17.2 Å². The average Bonchev–Trinajstić information content (AvgIpc) is 3.49. The number of hydrogen-bond donors (Lipinski definition) is 1. The molecule has 0 aliphatic heterocycles. The highest BCUT2D eigenvalue weighted by Crippen LogP contribution is 2.40. The zero-order valence-electron chi connectivity index (χ0n) is 21.9. The van der Waals surface area contributed by atoms with E-state index in [4.69, 9.17) is 9.72 Å². The summed E-state index contributed by atoms with van der Waals surface area (Å²) >= 11 is 4.31. The lowest BCUT2D eigenvalue weighted by Crippen LogP contribution is -2.23. The zero-order valence-corrected chi connectivity index (χ0v) is 24.3. The normalized spacial score (nSPS) is 16.5. The van der Waals surface area contributed by atoms with E-state index >= 15 is 0 Å². The number of aryl methyl sites for hydroxylation is 2. The maximum atomic E-state index is 13.9. The Morgan fingerprint density at radius 2 is 1.90 bits per heavy atom. The molecule has 0 saturated heterocycles. The lowest BCUT2D eigenvalue weighted by atomic mass is 9.88. The summed E-state index contributed by atoms with van der Waals surface area (Å²) in [5, 5.41) is 4.71. The van der Waals surface area contributed by atoms with Gasteiger partial charge in [-0.05, 0) is 74.1 Å². The highest BCUT2D eigenvalue weighted by Gasteiger charge is 2.29. The second-order valence-corrected chi connectivity index (χ2v) is 13.3. The van der Waals surface area contributed by atoms with Crippen LogP contribution in [0, 0.1) is 5.92 Å². The number of carbonyl (C=O) groups is 2. The van der Waals surface area contributed by atoms with Crippen LogP contribution in [0.15, 0.2) is 40.3 Å². The van der Waals surface area contributed by atoms with Crippen LogP contribution in [0.3, 0.4) is 0 Å². The second kappa shape index (κ2) is 10.9. The van der Waals surface area contributed by atoms with Crippen LogP contribution in [0.25, 0.3) is 15.9 Å². The summed E-state index contributed by atoms with van der Waals surface area (Å²) in [5.74, 6) is -0.0811. The lowest BCUT2D eigenvalue weighted by molar-refractivity contribution is -0.113. The monoisotopic (exact) mass is 579 g/mol. The quantitative estimate of drug-likeness (QED) is 0.170. The van der Waals surface area contributed by atoms with E-state index < -0.39 is 5.97 Å². The molecule has 0 radical (unpaired) electrons. The molecule has 0 bridgehead atoms. The number of thiophene rings is 2. The summed E-state index contributed by atoms with van der Waals surface area (Å²) < 4.78 is 6.69. The molecule has 3 aromatic heterocycles. The van der Waals surface area contributed by atoms with Crippen LogP contribution >= 0.6 is 34.4 Å². The molecule has 1 atom stereocenters. The van der Waals surface area contributed by atoms with Gasteiger partial charge in [0.15, 0.2) is 5.16 Å². The molecule has 0 unspecified atom stereocenters. The molecule has 10 heteroatoms. The standard InChI is InChI=1S/C29H29N3O4S3/c1-16-12-13-19-21(14-16)39-26(24(19)28(35)36-2)30-22(33)15-37-29-31-25-23(18-10-6-7-11-20(18)38-25)27(34)32(29)17-8-4-3-5-9-17/h3-5,8-9,16H,6-7,10-15H2,1-2H3,(H,30,33)/t16-/m0/s1. The van der Waals surface area contributed by atoms with E-state index in [9.17, 15) is 14.4 Å². The number of nitrogens with zero attached hydrogens (tertiary/aromatic N) is 2. The van der Waals surface area contributed by atoms with Gasteiger partial charge < -0.3 is 10.1 Å². The first-order valence-corrected chi connectivity index (χ1v) is 15.8. The number of amides is 1. The third-order valence-electron chi connectivity index (χ3n) is 7.46. The number of benzene rings is 1. The Morgan fingerprint density at radius 1 is 1.10 bits per heavy atom. The smallest absolute Gasteiger partial charge is 0.341 e. The Morgan fingerprint density at radius 3 is 2.69 bits per heavy atom. The van der Waals surface area contributed by atoms with Crippen LogP contribution in [0.5, 0.6) is 0 Å². The number of para-hydroxylation sites is 1. The molecule has 3 heterocycles. The Labute approximate surface area is 238 Å². The highest BCUT2D eigenvalue weighted by atomic mass is 32.2. The van der Waals surface area contributed by atoms with Gasteiger partial charge in [-0.2, -0.15) is 0 Å². The number of aromatic nitrogens is 2. The minimum absolute atomic E-state index is 0.0510. The number of esters is 1. The van der Waals surface area contributed by atoms with Gasteiger partial charge in [0.1, 0.15) is 9.83 Å². The molecule has 2 aliphatic carbocycles. The Balaban J connectivity index is 1.32. The number of fused-ring (bicyclic) bond motifs is 4. The third-order valence-corrected chi connectivity index (χ3v) is 10.8. The largest absolute Gasteiger partial charge is 0.465 e. The molecule has 39 heavy (non-hydrogen) atoms. The van der Waals surface area contributed by atoms with Crippen molar-refractivity contribution in [2.75, 3.05) is 18.2 Å².